The van der Waals surface area contributed by atoms with Crippen LogP contribution in [-0.4, -0.2) is 20.7 Å². The van der Waals surface area contributed by atoms with Crippen LogP contribution in [0, 0.1) is 0 Å². The zero-order valence-corrected chi connectivity index (χ0v) is 9.86. The van der Waals surface area contributed by atoms with Crippen molar-refractivity contribution in [3.05, 3.63) is 29.1 Å². The number of ether oxygens (including phenoxy) is 1. The topological polar surface area (TPSA) is 21.3 Å². The van der Waals surface area contributed by atoms with Gasteiger partial charge in [0.15, 0.2) is 0 Å². The Morgan fingerprint density at radius 3 is 3.00 bits per heavy atom. The highest BCUT2D eigenvalue weighted by molar-refractivity contribution is 7.17. The van der Waals surface area contributed by atoms with Crippen molar-refractivity contribution in [2.24, 2.45) is 0 Å². The van der Waals surface area contributed by atoms with Crippen LogP contribution in [0.4, 0.5) is 0 Å². The molecule has 0 spiro atoms. The number of hydrogen-bond acceptors (Lipinski definition) is 3. The largest absolute Gasteiger partial charge is 0.495 e. The second-order valence-corrected chi connectivity index (χ2v) is 4.33. The van der Waals surface area contributed by atoms with E-state index in [0.717, 1.165) is 18.7 Å². The summed E-state index contributed by atoms with van der Waals surface area (Å²) in [5, 5.41) is 6.73. The van der Waals surface area contributed by atoms with E-state index in [-0.39, 0.29) is 0 Å². The SMILES string of the molecule is CNCCc1csc2c(OC)cccc12. The van der Waals surface area contributed by atoms with E-state index in [9.17, 15) is 0 Å². The molecule has 2 nitrogen and oxygen atoms in total. The molecule has 1 heterocycles. The molecule has 0 fully saturated rings. The smallest absolute Gasteiger partial charge is 0.136 e. The lowest BCUT2D eigenvalue weighted by atomic mass is 10.1. The molecule has 1 aromatic carbocycles. The van der Waals surface area contributed by atoms with Crippen molar-refractivity contribution in [2.45, 2.75) is 6.42 Å². The van der Waals surface area contributed by atoms with Crippen molar-refractivity contribution in [3.8, 4) is 5.75 Å². The Balaban J connectivity index is 2.42. The molecule has 0 amide bonds. The van der Waals surface area contributed by atoms with Crippen LogP contribution in [0.3, 0.4) is 0 Å². The number of fused-ring (bicyclic) bond motifs is 1. The van der Waals surface area contributed by atoms with Crippen LogP contribution in [0.5, 0.6) is 5.75 Å². The summed E-state index contributed by atoms with van der Waals surface area (Å²) in [4.78, 5) is 0. The average Bonchev–Trinajstić information content (AvgIpc) is 2.69. The van der Waals surface area contributed by atoms with Crippen molar-refractivity contribution in [3.63, 3.8) is 0 Å². The fourth-order valence-electron chi connectivity index (χ4n) is 1.70. The number of methoxy groups -OCH3 is 1. The molecule has 80 valence electrons. The summed E-state index contributed by atoms with van der Waals surface area (Å²) in [6.45, 7) is 1.02. The number of benzene rings is 1. The molecule has 0 aliphatic heterocycles. The summed E-state index contributed by atoms with van der Waals surface area (Å²) < 4.78 is 6.60. The number of hydrogen-bond donors (Lipinski definition) is 1. The van der Waals surface area contributed by atoms with E-state index < -0.39 is 0 Å². The van der Waals surface area contributed by atoms with Crippen LogP contribution >= 0.6 is 11.3 Å². The summed E-state index contributed by atoms with van der Waals surface area (Å²) >= 11 is 1.76. The standard InChI is InChI=1S/C12H15NOS/c1-13-7-6-9-8-15-12-10(9)4-3-5-11(12)14-2/h3-5,8,13H,6-7H2,1-2H3. The van der Waals surface area contributed by atoms with Crippen LogP contribution in [0.1, 0.15) is 5.56 Å². The van der Waals surface area contributed by atoms with Gasteiger partial charge in [-0.3, -0.25) is 0 Å². The van der Waals surface area contributed by atoms with Crippen molar-refractivity contribution in [1.82, 2.24) is 5.32 Å². The first-order valence-electron chi connectivity index (χ1n) is 5.04. The number of thiophene rings is 1. The van der Waals surface area contributed by atoms with Crippen molar-refractivity contribution in [2.75, 3.05) is 20.7 Å². The van der Waals surface area contributed by atoms with Gasteiger partial charge in [-0.15, -0.1) is 11.3 Å². The quantitative estimate of drug-likeness (QED) is 0.857. The fourth-order valence-corrected chi connectivity index (χ4v) is 2.80. The van der Waals surface area contributed by atoms with E-state index in [0.29, 0.717) is 0 Å². The van der Waals surface area contributed by atoms with Gasteiger partial charge in [0.2, 0.25) is 0 Å². The summed E-state index contributed by atoms with van der Waals surface area (Å²) in [6.07, 6.45) is 1.07. The van der Waals surface area contributed by atoms with Gasteiger partial charge < -0.3 is 10.1 Å². The molecule has 0 atom stereocenters. The van der Waals surface area contributed by atoms with Gasteiger partial charge in [0.25, 0.3) is 0 Å². The van der Waals surface area contributed by atoms with E-state index in [1.165, 1.54) is 15.6 Å². The highest BCUT2D eigenvalue weighted by atomic mass is 32.1. The van der Waals surface area contributed by atoms with Crippen LogP contribution in [-0.2, 0) is 6.42 Å². The lowest BCUT2D eigenvalue weighted by Gasteiger charge is -2.02. The monoisotopic (exact) mass is 221 g/mol. The van der Waals surface area contributed by atoms with Gasteiger partial charge in [0.05, 0.1) is 11.8 Å². The average molecular weight is 221 g/mol. The molecule has 0 radical (unpaired) electrons. The third-order valence-electron chi connectivity index (χ3n) is 2.51. The first kappa shape index (κ1) is 10.5. The van der Waals surface area contributed by atoms with E-state index in [2.05, 4.69) is 22.8 Å². The van der Waals surface area contributed by atoms with Gasteiger partial charge in [-0.25, -0.2) is 0 Å². The maximum Gasteiger partial charge on any atom is 0.136 e. The molecule has 0 saturated carbocycles. The maximum absolute atomic E-state index is 5.34. The third-order valence-corrected chi connectivity index (χ3v) is 3.57. The summed E-state index contributed by atoms with van der Waals surface area (Å²) in [5.74, 6) is 0.980. The minimum Gasteiger partial charge on any atom is -0.495 e. The van der Waals surface area contributed by atoms with E-state index in [1.807, 2.05) is 13.1 Å². The van der Waals surface area contributed by atoms with Gasteiger partial charge >= 0.3 is 0 Å². The van der Waals surface area contributed by atoms with Crippen LogP contribution in [0.15, 0.2) is 23.6 Å². The van der Waals surface area contributed by atoms with Crippen molar-refractivity contribution < 1.29 is 4.74 Å². The normalized spacial score (nSPS) is 10.8. The highest BCUT2D eigenvalue weighted by Gasteiger charge is 2.07. The second kappa shape index (κ2) is 4.64. The lowest BCUT2D eigenvalue weighted by molar-refractivity contribution is 0.420. The zero-order chi connectivity index (χ0) is 10.7. The predicted molar refractivity (Wildman–Crippen MR) is 66.0 cm³/mol. The summed E-state index contributed by atoms with van der Waals surface area (Å²) in [6, 6.07) is 6.23. The van der Waals surface area contributed by atoms with Gasteiger partial charge in [-0.05, 0) is 42.4 Å². The molecule has 1 N–H and O–H groups in total. The van der Waals surface area contributed by atoms with Gasteiger partial charge in [-0.2, -0.15) is 0 Å². The Morgan fingerprint density at radius 1 is 1.40 bits per heavy atom. The number of rotatable bonds is 4. The van der Waals surface area contributed by atoms with Crippen molar-refractivity contribution >= 4 is 21.4 Å². The Labute approximate surface area is 93.9 Å². The molecule has 0 aliphatic carbocycles. The first-order chi connectivity index (χ1) is 7.36. The lowest BCUT2D eigenvalue weighted by Crippen LogP contribution is -2.09. The van der Waals surface area contributed by atoms with E-state index >= 15 is 0 Å². The summed E-state index contributed by atoms with van der Waals surface area (Å²) in [7, 11) is 3.71. The molecule has 2 aromatic rings. The number of likely N-dealkylation sites (N-methyl/N-ethyl adjacent to an activating group) is 1. The number of nitrogens with one attached hydrogen (secondary N) is 1. The van der Waals surface area contributed by atoms with E-state index in [4.69, 9.17) is 4.74 Å². The Bertz CT molecular complexity index is 450. The molecule has 3 heteroatoms. The molecule has 0 unspecified atom stereocenters. The molecule has 0 bridgehead atoms. The fraction of sp³-hybridized carbons (Fsp3) is 0.333. The molecule has 15 heavy (non-hydrogen) atoms. The Hall–Kier alpha value is -1.06. The minimum absolute atomic E-state index is 0.980. The van der Waals surface area contributed by atoms with Gasteiger partial charge in [0.1, 0.15) is 5.75 Å². The molecule has 2 rings (SSSR count). The molecular weight excluding hydrogens is 206 g/mol. The second-order valence-electron chi connectivity index (χ2n) is 3.45. The molecule has 1 aromatic heterocycles. The zero-order valence-electron chi connectivity index (χ0n) is 9.04. The van der Waals surface area contributed by atoms with Crippen molar-refractivity contribution in [1.29, 1.82) is 0 Å². The van der Waals surface area contributed by atoms with Gasteiger partial charge in [0, 0.05) is 0 Å². The first-order valence-corrected chi connectivity index (χ1v) is 5.92. The highest BCUT2D eigenvalue weighted by Crippen LogP contribution is 2.33. The molecular formula is C12H15NOS. The van der Waals surface area contributed by atoms with Crippen LogP contribution < -0.4 is 10.1 Å². The molecule has 0 aliphatic rings. The van der Waals surface area contributed by atoms with E-state index in [1.54, 1.807) is 18.4 Å². The predicted octanol–water partition coefficient (Wildman–Crippen LogP) is 2.67. The Kier molecular flexibility index (Phi) is 3.23. The van der Waals surface area contributed by atoms with Crippen LogP contribution in [0.25, 0.3) is 10.1 Å². The van der Waals surface area contributed by atoms with Gasteiger partial charge in [-0.1, -0.05) is 12.1 Å². The Morgan fingerprint density at radius 2 is 2.27 bits per heavy atom. The minimum atomic E-state index is 0.980. The maximum atomic E-state index is 5.34. The third kappa shape index (κ3) is 1.98. The van der Waals surface area contributed by atoms with Crippen LogP contribution in [0.2, 0.25) is 0 Å². The molecule has 0 saturated heterocycles. The summed E-state index contributed by atoms with van der Waals surface area (Å²) in [5.41, 5.74) is 1.41.